The van der Waals surface area contributed by atoms with Gasteiger partial charge in [0, 0.05) is 25.5 Å². The van der Waals surface area contributed by atoms with Crippen LogP contribution < -0.4 is 0 Å². The van der Waals surface area contributed by atoms with Crippen LogP contribution in [0.5, 0.6) is 0 Å². The van der Waals surface area contributed by atoms with Gasteiger partial charge in [0.2, 0.25) is 5.88 Å². The number of hydrogen-bond donors (Lipinski definition) is 0. The van der Waals surface area contributed by atoms with Crippen molar-refractivity contribution in [2.75, 3.05) is 13.1 Å². The molecule has 1 amide bonds. The third-order valence-corrected chi connectivity index (χ3v) is 4.77. The smallest absolute Gasteiger partial charge is 0.343 e. The van der Waals surface area contributed by atoms with E-state index in [1.807, 2.05) is 6.07 Å². The number of carbonyl (C=O) groups excluding carboxylic acids is 2. The topological polar surface area (TPSA) is 88.5 Å². The number of carbonyl (C=O) groups is 2. The molecule has 1 atom stereocenters. The molecule has 1 aliphatic rings. The fraction of sp³-hybridized carbons (Fsp3) is 0.450. The molecule has 0 saturated carbocycles. The van der Waals surface area contributed by atoms with Crippen LogP contribution in [0, 0.1) is 18.3 Å². The highest BCUT2D eigenvalue weighted by Gasteiger charge is 2.30. The number of hydrogen-bond acceptors (Lipinski definition) is 5. The van der Waals surface area contributed by atoms with Gasteiger partial charge in [-0.15, -0.1) is 0 Å². The summed E-state index contributed by atoms with van der Waals surface area (Å²) < 4.78 is 12.6. The Morgan fingerprint density at radius 2 is 1.81 bits per heavy atom. The Hall–Kier alpha value is -3.01. The van der Waals surface area contributed by atoms with E-state index in [4.69, 9.17) is 9.15 Å². The first-order chi connectivity index (χ1) is 13.0. The summed E-state index contributed by atoms with van der Waals surface area (Å²) in [7, 11) is 0. The number of rotatable bonds is 4. The third kappa shape index (κ3) is 3.90. The summed E-state index contributed by atoms with van der Waals surface area (Å²) in [6.45, 7) is 4.55. The van der Waals surface area contributed by atoms with Gasteiger partial charge < -0.3 is 14.1 Å². The normalized spacial score (nSPS) is 15.7. The van der Waals surface area contributed by atoms with Crippen LogP contribution in [0.15, 0.2) is 28.9 Å². The average molecular weight is 369 g/mol. The van der Waals surface area contributed by atoms with Gasteiger partial charge in [0.15, 0.2) is 6.10 Å². The number of esters is 1. The summed E-state index contributed by atoms with van der Waals surface area (Å²) in [6.07, 6.45) is 6.68. The molecule has 0 bridgehead atoms. The van der Waals surface area contributed by atoms with Crippen molar-refractivity contribution in [2.24, 2.45) is 0 Å². The van der Waals surface area contributed by atoms with Crippen LogP contribution in [0.4, 0.5) is 0 Å². The second-order valence-corrected chi connectivity index (χ2v) is 6.70. The number of aryl methyl sites for hydroxylation is 1. The number of likely N-dealkylation sites (tertiary alicyclic amines) is 1. The number of amides is 1. The highest BCUT2D eigenvalue weighted by Crippen LogP contribution is 2.26. The molecule has 1 aliphatic heterocycles. The molecular formula is C20H23N3O4. The Kier molecular flexibility index (Phi) is 5.65. The van der Waals surface area contributed by atoms with Gasteiger partial charge in [-0.3, -0.25) is 9.36 Å². The second kappa shape index (κ2) is 8.12. The van der Waals surface area contributed by atoms with Crippen LogP contribution in [-0.2, 0) is 9.53 Å². The second-order valence-electron chi connectivity index (χ2n) is 6.70. The maximum atomic E-state index is 12.7. The molecule has 27 heavy (non-hydrogen) atoms. The van der Waals surface area contributed by atoms with Crippen molar-refractivity contribution in [3.8, 4) is 12.0 Å². The van der Waals surface area contributed by atoms with E-state index in [2.05, 4.69) is 0 Å². The zero-order chi connectivity index (χ0) is 19.4. The molecule has 0 N–H and O–H groups in total. The molecule has 1 unspecified atom stereocenters. The van der Waals surface area contributed by atoms with Crippen LogP contribution in [-0.4, -0.2) is 40.5 Å². The van der Waals surface area contributed by atoms with Gasteiger partial charge in [0.1, 0.15) is 23.0 Å². The summed E-state index contributed by atoms with van der Waals surface area (Å²) in [5.41, 5.74) is 0.167. The number of furan rings is 1. The molecule has 0 aromatic carbocycles. The fourth-order valence-electron chi connectivity index (χ4n) is 3.35. The molecule has 0 spiro atoms. The monoisotopic (exact) mass is 369 g/mol. The SMILES string of the molecule is Cc1oc(-n2cccc2)c(C#N)c1C(=O)OC(C)C(=O)N1CCCCCC1. The van der Waals surface area contributed by atoms with Crippen LogP contribution in [0.25, 0.3) is 5.88 Å². The third-order valence-electron chi connectivity index (χ3n) is 4.77. The minimum Gasteiger partial charge on any atom is -0.449 e. The maximum absolute atomic E-state index is 12.7. The van der Waals surface area contributed by atoms with Gasteiger partial charge >= 0.3 is 5.97 Å². The molecule has 142 valence electrons. The fourth-order valence-corrected chi connectivity index (χ4v) is 3.35. The molecule has 1 fully saturated rings. The lowest BCUT2D eigenvalue weighted by atomic mass is 10.1. The molecule has 0 radical (unpaired) electrons. The van der Waals surface area contributed by atoms with Crippen LogP contribution in [0.3, 0.4) is 0 Å². The lowest BCUT2D eigenvalue weighted by molar-refractivity contribution is -0.139. The Labute approximate surface area is 158 Å². The number of nitriles is 1. The summed E-state index contributed by atoms with van der Waals surface area (Å²) in [5, 5.41) is 9.53. The number of nitrogens with zero attached hydrogens (tertiary/aromatic N) is 3. The van der Waals surface area contributed by atoms with E-state index in [0.717, 1.165) is 25.7 Å². The molecular weight excluding hydrogens is 346 g/mol. The maximum Gasteiger partial charge on any atom is 0.343 e. The Morgan fingerprint density at radius 3 is 2.41 bits per heavy atom. The van der Waals surface area contributed by atoms with E-state index in [1.54, 1.807) is 47.8 Å². The van der Waals surface area contributed by atoms with Gasteiger partial charge in [-0.05, 0) is 38.8 Å². The van der Waals surface area contributed by atoms with E-state index >= 15 is 0 Å². The van der Waals surface area contributed by atoms with Crippen LogP contribution in [0.1, 0.15) is 54.3 Å². The van der Waals surface area contributed by atoms with Crippen molar-refractivity contribution in [1.29, 1.82) is 5.26 Å². The summed E-state index contributed by atoms with van der Waals surface area (Å²) in [5.74, 6) is -0.370. The van der Waals surface area contributed by atoms with E-state index < -0.39 is 12.1 Å². The van der Waals surface area contributed by atoms with E-state index in [1.165, 1.54) is 0 Å². The lowest BCUT2D eigenvalue weighted by Gasteiger charge is -2.23. The van der Waals surface area contributed by atoms with Crippen molar-refractivity contribution in [3.05, 3.63) is 41.4 Å². The number of ether oxygens (including phenoxy) is 1. The molecule has 7 heteroatoms. The van der Waals surface area contributed by atoms with E-state index in [-0.39, 0.29) is 28.7 Å². The Bertz CT molecular complexity index is 853. The Morgan fingerprint density at radius 1 is 1.19 bits per heavy atom. The van der Waals surface area contributed by atoms with E-state index in [9.17, 15) is 14.9 Å². The molecule has 3 heterocycles. The first-order valence-corrected chi connectivity index (χ1v) is 9.19. The predicted molar refractivity (Wildman–Crippen MR) is 97.4 cm³/mol. The molecule has 7 nitrogen and oxygen atoms in total. The average Bonchev–Trinajstić information content (AvgIpc) is 3.20. The highest BCUT2D eigenvalue weighted by molar-refractivity contribution is 5.96. The van der Waals surface area contributed by atoms with Crippen molar-refractivity contribution in [3.63, 3.8) is 0 Å². The molecule has 2 aromatic rings. The minimum absolute atomic E-state index is 0.0664. The van der Waals surface area contributed by atoms with E-state index in [0.29, 0.717) is 13.1 Å². The first kappa shape index (κ1) is 18.8. The van der Waals surface area contributed by atoms with Gasteiger partial charge in [-0.1, -0.05) is 12.8 Å². The van der Waals surface area contributed by atoms with Gasteiger partial charge in [0.25, 0.3) is 5.91 Å². The van der Waals surface area contributed by atoms with Gasteiger partial charge in [-0.2, -0.15) is 5.26 Å². The van der Waals surface area contributed by atoms with Crippen LogP contribution >= 0.6 is 0 Å². The summed E-state index contributed by atoms with van der Waals surface area (Å²) >= 11 is 0. The van der Waals surface area contributed by atoms with Crippen molar-refractivity contribution < 1.29 is 18.7 Å². The van der Waals surface area contributed by atoms with Gasteiger partial charge in [0.05, 0.1) is 0 Å². The first-order valence-electron chi connectivity index (χ1n) is 9.19. The summed E-state index contributed by atoms with van der Waals surface area (Å²) in [6, 6.07) is 5.60. The van der Waals surface area contributed by atoms with Crippen LogP contribution in [0.2, 0.25) is 0 Å². The summed E-state index contributed by atoms with van der Waals surface area (Å²) in [4.78, 5) is 27.0. The lowest BCUT2D eigenvalue weighted by Crippen LogP contribution is -2.40. The largest absolute Gasteiger partial charge is 0.449 e. The molecule has 0 aliphatic carbocycles. The minimum atomic E-state index is -0.911. The highest BCUT2D eigenvalue weighted by atomic mass is 16.5. The predicted octanol–water partition coefficient (Wildman–Crippen LogP) is 3.20. The number of aromatic nitrogens is 1. The molecule has 1 saturated heterocycles. The van der Waals surface area contributed by atoms with Crippen molar-refractivity contribution in [2.45, 2.75) is 45.6 Å². The quantitative estimate of drug-likeness (QED) is 0.772. The zero-order valence-corrected chi connectivity index (χ0v) is 15.6. The standard InChI is InChI=1S/C20H23N3O4/c1-14-17(16(13-21)19(26-14)23-11-7-8-12-23)20(25)27-15(2)18(24)22-9-5-3-4-6-10-22/h7-8,11-12,15H,3-6,9-10H2,1-2H3. The van der Waals surface area contributed by atoms with Gasteiger partial charge in [-0.25, -0.2) is 4.79 Å². The van der Waals surface area contributed by atoms with Crippen molar-refractivity contribution in [1.82, 2.24) is 9.47 Å². The Balaban J connectivity index is 1.78. The molecule has 3 rings (SSSR count). The molecule has 2 aromatic heterocycles. The zero-order valence-electron chi connectivity index (χ0n) is 15.6. The van der Waals surface area contributed by atoms with Crippen molar-refractivity contribution >= 4 is 11.9 Å².